The zero-order valence-electron chi connectivity index (χ0n) is 17.4. The van der Waals surface area contributed by atoms with E-state index in [1.165, 1.54) is 0 Å². The number of nitrogens with one attached hydrogen (secondary N) is 2. The van der Waals surface area contributed by atoms with Gasteiger partial charge in [-0.1, -0.05) is 13.8 Å². The third kappa shape index (κ3) is 16.7. The first-order chi connectivity index (χ1) is 13.9. The van der Waals surface area contributed by atoms with E-state index in [1.807, 2.05) is 13.8 Å². The molecule has 0 fully saturated rings. The van der Waals surface area contributed by atoms with Crippen LogP contribution in [0.25, 0.3) is 0 Å². The molecule has 0 saturated carbocycles. The van der Waals surface area contributed by atoms with Gasteiger partial charge in [0, 0.05) is 39.3 Å². The lowest BCUT2D eigenvalue weighted by molar-refractivity contribution is -0.108. The Balaban J connectivity index is 4.30. The van der Waals surface area contributed by atoms with Gasteiger partial charge in [0.1, 0.15) is 25.6 Å². The van der Waals surface area contributed by atoms with Crippen molar-refractivity contribution < 1.29 is 38.8 Å². The molecule has 10 heteroatoms. The molecule has 0 aliphatic carbocycles. The molecular weight excluding hydrogens is 384 g/mol. The van der Waals surface area contributed by atoms with E-state index < -0.39 is 18.3 Å². The fraction of sp³-hybridized carbons (Fsp3) is 0.842. The topological polar surface area (TPSA) is 143 Å². The molecule has 0 aliphatic rings. The van der Waals surface area contributed by atoms with Gasteiger partial charge in [0.15, 0.2) is 0 Å². The summed E-state index contributed by atoms with van der Waals surface area (Å²) in [5.74, 6) is 0.228. The Labute approximate surface area is 172 Å². The van der Waals surface area contributed by atoms with Crippen LogP contribution in [0.1, 0.15) is 39.5 Å². The molecule has 0 spiro atoms. The third-order valence-corrected chi connectivity index (χ3v) is 4.05. The fourth-order valence-electron chi connectivity index (χ4n) is 2.16. The Morgan fingerprint density at radius 1 is 0.931 bits per heavy atom. The molecule has 0 radical (unpaired) electrons. The van der Waals surface area contributed by atoms with Gasteiger partial charge in [-0.15, -0.1) is 0 Å². The fourth-order valence-corrected chi connectivity index (χ4v) is 2.16. The highest BCUT2D eigenvalue weighted by molar-refractivity contribution is 5.67. The van der Waals surface area contributed by atoms with Crippen molar-refractivity contribution in [1.29, 1.82) is 0 Å². The normalized spacial score (nSPS) is 13.8. The van der Waals surface area contributed by atoms with Crippen LogP contribution in [0, 0.1) is 11.8 Å². The SMILES string of the molecule is CC(CCO)CNC(=O)OCC(COC(=O)NCC(C)CCO)OCCCC=O. The number of carbonyl (C=O) groups is 3. The lowest BCUT2D eigenvalue weighted by Gasteiger charge is -2.19. The number of aldehydes is 1. The van der Waals surface area contributed by atoms with Crippen molar-refractivity contribution in [1.82, 2.24) is 10.6 Å². The number of amides is 2. The van der Waals surface area contributed by atoms with Crippen molar-refractivity contribution in [3.8, 4) is 0 Å². The predicted octanol–water partition coefficient (Wildman–Crippen LogP) is 0.840. The summed E-state index contributed by atoms with van der Waals surface area (Å²) in [6.45, 7) is 4.65. The summed E-state index contributed by atoms with van der Waals surface area (Å²) >= 11 is 0. The van der Waals surface area contributed by atoms with Gasteiger partial charge >= 0.3 is 12.2 Å². The molecule has 0 bridgehead atoms. The van der Waals surface area contributed by atoms with Crippen molar-refractivity contribution in [3.05, 3.63) is 0 Å². The molecule has 170 valence electrons. The second-order valence-electron chi connectivity index (χ2n) is 7.00. The third-order valence-electron chi connectivity index (χ3n) is 4.05. The summed E-state index contributed by atoms with van der Waals surface area (Å²) in [4.78, 5) is 33.9. The summed E-state index contributed by atoms with van der Waals surface area (Å²) in [5.41, 5.74) is 0. The van der Waals surface area contributed by atoms with E-state index in [-0.39, 0.29) is 44.9 Å². The Morgan fingerprint density at radius 3 is 1.83 bits per heavy atom. The van der Waals surface area contributed by atoms with Crippen molar-refractivity contribution in [2.45, 2.75) is 45.6 Å². The molecule has 2 unspecified atom stereocenters. The van der Waals surface area contributed by atoms with E-state index in [9.17, 15) is 14.4 Å². The van der Waals surface area contributed by atoms with Gasteiger partial charge < -0.3 is 39.9 Å². The highest BCUT2D eigenvalue weighted by Gasteiger charge is 2.16. The molecule has 0 aromatic rings. The number of hydrogen-bond donors (Lipinski definition) is 4. The minimum Gasteiger partial charge on any atom is -0.447 e. The number of aliphatic hydroxyl groups is 2. The average molecular weight is 421 g/mol. The van der Waals surface area contributed by atoms with Crippen LogP contribution in [-0.4, -0.2) is 80.9 Å². The number of carbonyl (C=O) groups excluding carboxylic acids is 3. The summed E-state index contributed by atoms with van der Waals surface area (Å²) in [6, 6.07) is 0. The smallest absolute Gasteiger partial charge is 0.407 e. The van der Waals surface area contributed by atoms with Crippen LogP contribution in [0.5, 0.6) is 0 Å². The second-order valence-corrected chi connectivity index (χ2v) is 7.00. The van der Waals surface area contributed by atoms with Crippen LogP contribution in [0.2, 0.25) is 0 Å². The van der Waals surface area contributed by atoms with E-state index in [4.69, 9.17) is 24.4 Å². The maximum atomic E-state index is 11.8. The van der Waals surface area contributed by atoms with Gasteiger partial charge in [0.05, 0.1) is 0 Å². The molecule has 0 aromatic heterocycles. The highest BCUT2D eigenvalue weighted by atomic mass is 16.6. The predicted molar refractivity (Wildman–Crippen MR) is 105 cm³/mol. The highest BCUT2D eigenvalue weighted by Crippen LogP contribution is 2.02. The van der Waals surface area contributed by atoms with Crippen LogP contribution in [-0.2, 0) is 19.0 Å². The van der Waals surface area contributed by atoms with Crippen molar-refractivity contribution in [2.24, 2.45) is 11.8 Å². The minimum atomic E-state index is -0.664. The molecule has 0 heterocycles. The van der Waals surface area contributed by atoms with Gasteiger partial charge in [0.25, 0.3) is 0 Å². The second kappa shape index (κ2) is 18.1. The molecule has 4 N–H and O–H groups in total. The summed E-state index contributed by atoms with van der Waals surface area (Å²) in [7, 11) is 0. The van der Waals surface area contributed by atoms with Gasteiger partial charge in [-0.25, -0.2) is 9.59 Å². The van der Waals surface area contributed by atoms with Crippen LogP contribution < -0.4 is 10.6 Å². The molecule has 2 amide bonds. The number of ether oxygens (including phenoxy) is 3. The van der Waals surface area contributed by atoms with E-state index in [2.05, 4.69) is 10.6 Å². The first-order valence-electron chi connectivity index (χ1n) is 10.0. The van der Waals surface area contributed by atoms with Crippen LogP contribution in [0.15, 0.2) is 0 Å². The Morgan fingerprint density at radius 2 is 1.41 bits per heavy atom. The Kier molecular flexibility index (Phi) is 16.9. The van der Waals surface area contributed by atoms with Crippen LogP contribution >= 0.6 is 0 Å². The summed E-state index contributed by atoms with van der Waals surface area (Å²) in [5, 5.41) is 22.9. The Hall–Kier alpha value is -1.91. The number of rotatable bonds is 17. The first kappa shape index (κ1) is 27.1. The molecule has 0 saturated heterocycles. The standard InChI is InChI=1S/C19H36N2O8/c1-15(5-8-23)11-20-18(25)28-13-17(27-10-4-3-7-22)14-29-19(26)21-12-16(2)6-9-24/h7,15-17,23-24H,3-6,8-14H2,1-2H3,(H,20,25)(H,21,26). The van der Waals surface area contributed by atoms with Crippen LogP contribution in [0.4, 0.5) is 9.59 Å². The summed E-state index contributed by atoms with van der Waals surface area (Å²) in [6.07, 6.45) is 0.870. The molecule has 10 nitrogen and oxygen atoms in total. The first-order valence-corrected chi connectivity index (χ1v) is 10.0. The largest absolute Gasteiger partial charge is 0.447 e. The molecule has 29 heavy (non-hydrogen) atoms. The van der Waals surface area contributed by atoms with Gasteiger partial charge in [-0.05, 0) is 31.1 Å². The van der Waals surface area contributed by atoms with Crippen molar-refractivity contribution in [3.63, 3.8) is 0 Å². The van der Waals surface area contributed by atoms with Gasteiger partial charge in [-0.3, -0.25) is 0 Å². The quantitative estimate of drug-likeness (QED) is 0.200. The molecule has 0 rings (SSSR count). The maximum Gasteiger partial charge on any atom is 0.407 e. The van der Waals surface area contributed by atoms with E-state index in [0.717, 1.165) is 6.29 Å². The lowest BCUT2D eigenvalue weighted by Crippen LogP contribution is -2.36. The molecule has 2 atom stereocenters. The number of unbranched alkanes of at least 4 members (excludes halogenated alkanes) is 1. The van der Waals surface area contributed by atoms with E-state index >= 15 is 0 Å². The van der Waals surface area contributed by atoms with E-state index in [0.29, 0.717) is 38.8 Å². The number of aliphatic hydroxyl groups excluding tert-OH is 2. The molecular formula is C19H36N2O8. The zero-order chi connectivity index (χ0) is 21.9. The zero-order valence-corrected chi connectivity index (χ0v) is 17.4. The van der Waals surface area contributed by atoms with Crippen molar-refractivity contribution >= 4 is 18.5 Å². The maximum absolute atomic E-state index is 11.8. The van der Waals surface area contributed by atoms with Crippen molar-refractivity contribution in [2.75, 3.05) is 46.1 Å². The van der Waals surface area contributed by atoms with Gasteiger partial charge in [-0.2, -0.15) is 0 Å². The average Bonchev–Trinajstić information content (AvgIpc) is 2.69. The molecule has 0 aliphatic heterocycles. The number of alkyl carbamates (subject to hydrolysis) is 2. The van der Waals surface area contributed by atoms with Gasteiger partial charge in [0.2, 0.25) is 0 Å². The minimum absolute atomic E-state index is 0.0484. The molecule has 0 aromatic carbocycles. The number of hydrogen-bond acceptors (Lipinski definition) is 8. The van der Waals surface area contributed by atoms with E-state index in [1.54, 1.807) is 0 Å². The summed E-state index contributed by atoms with van der Waals surface area (Å²) < 4.78 is 15.7. The monoisotopic (exact) mass is 420 g/mol. The van der Waals surface area contributed by atoms with Crippen LogP contribution in [0.3, 0.4) is 0 Å². The lowest BCUT2D eigenvalue weighted by atomic mass is 10.1. The Bertz CT molecular complexity index is 418.